The zero-order valence-corrected chi connectivity index (χ0v) is 40.1. The third-order valence-electron chi connectivity index (χ3n) is 14.2. The number of nitrogens with zero attached hydrogens (tertiary/aromatic N) is 6. The molecule has 0 spiro atoms. The lowest BCUT2D eigenvalue weighted by molar-refractivity contribution is 0.995. The predicted molar refractivity (Wildman–Crippen MR) is 304 cm³/mol. The third kappa shape index (κ3) is 7.61. The van der Waals surface area contributed by atoms with Crippen LogP contribution in [0.4, 0.5) is 0 Å². The summed E-state index contributed by atoms with van der Waals surface area (Å²) in [6.45, 7) is 0. The van der Waals surface area contributed by atoms with E-state index in [1.807, 2.05) is 18.2 Å². The molecule has 4 aromatic heterocycles. The maximum Gasteiger partial charge on any atom is 0.235 e. The van der Waals surface area contributed by atoms with E-state index in [0.717, 1.165) is 122 Å². The molecule has 14 rings (SSSR count). The summed E-state index contributed by atoms with van der Waals surface area (Å²) in [5.74, 6) is 2.09. The van der Waals surface area contributed by atoms with Gasteiger partial charge in [0.1, 0.15) is 5.82 Å². The second-order valence-electron chi connectivity index (χ2n) is 18.7. The van der Waals surface area contributed by atoms with Crippen LogP contribution in [0.25, 0.3) is 134 Å². The van der Waals surface area contributed by atoms with Gasteiger partial charge in [0.2, 0.25) is 5.95 Å². The molecule has 0 bridgehead atoms. The first-order chi connectivity index (χ1) is 36.7. The van der Waals surface area contributed by atoms with Crippen LogP contribution in [0.3, 0.4) is 0 Å². The third-order valence-corrected chi connectivity index (χ3v) is 14.2. The number of fused-ring (bicyclic) bond motifs is 6. The van der Waals surface area contributed by atoms with E-state index in [2.05, 4.69) is 258 Å². The second-order valence-corrected chi connectivity index (χ2v) is 18.7. The summed E-state index contributed by atoms with van der Waals surface area (Å²) in [5.41, 5.74) is 17.6. The van der Waals surface area contributed by atoms with Crippen molar-refractivity contribution < 1.29 is 0 Å². The average molecular weight is 945 g/mol. The minimum atomic E-state index is 0.617. The molecule has 6 nitrogen and oxygen atoms in total. The van der Waals surface area contributed by atoms with E-state index >= 15 is 0 Å². The van der Waals surface area contributed by atoms with Gasteiger partial charge in [-0.3, -0.25) is 9.13 Å². The molecular weight excluding hydrogens is 901 g/mol. The molecule has 0 radical (unpaired) electrons. The van der Waals surface area contributed by atoms with E-state index in [0.29, 0.717) is 11.8 Å². The van der Waals surface area contributed by atoms with Crippen LogP contribution in [0.2, 0.25) is 0 Å². The Morgan fingerprint density at radius 2 is 0.608 bits per heavy atom. The molecule has 0 saturated carbocycles. The molecule has 0 N–H and O–H groups in total. The maximum absolute atomic E-state index is 5.38. The van der Waals surface area contributed by atoms with Crippen LogP contribution >= 0.6 is 0 Å². The van der Waals surface area contributed by atoms with Gasteiger partial charge < -0.3 is 0 Å². The summed E-state index contributed by atoms with van der Waals surface area (Å²) >= 11 is 0. The number of benzene rings is 10. The minimum Gasteiger partial charge on any atom is -0.294 e. The summed E-state index contributed by atoms with van der Waals surface area (Å²) in [7, 11) is 0. The lowest BCUT2D eigenvalue weighted by Crippen LogP contribution is -2.04. The Morgan fingerprint density at radius 1 is 0.216 bits per heavy atom. The summed E-state index contributed by atoms with van der Waals surface area (Å²) in [4.78, 5) is 21.3. The molecule has 74 heavy (non-hydrogen) atoms. The van der Waals surface area contributed by atoms with Gasteiger partial charge in [-0.25, -0.2) is 19.9 Å². The van der Waals surface area contributed by atoms with Crippen molar-refractivity contribution in [3.8, 4) is 90.3 Å². The molecule has 6 heteroatoms. The summed E-state index contributed by atoms with van der Waals surface area (Å²) in [6.07, 6.45) is 0. The molecule has 10 aromatic carbocycles. The van der Waals surface area contributed by atoms with Gasteiger partial charge in [0.15, 0.2) is 5.82 Å². The fourth-order valence-corrected chi connectivity index (χ4v) is 10.6. The SMILES string of the molecule is c1ccc(-c2cccc(-c3cc(-c4ccccc4)nc(-n4c5ccccc5c5cc(-c6ccc7c(c6)c6ccccc6n7-c6cc(-c7ccccc7)nc(-c7cccc(-c8ccccc8)c7)n6)ccc54)n3)c2)cc1. The Balaban J connectivity index is 0.906. The molecule has 0 fully saturated rings. The van der Waals surface area contributed by atoms with E-state index in [1.165, 1.54) is 0 Å². The number of hydrogen-bond donors (Lipinski definition) is 0. The first kappa shape index (κ1) is 42.8. The number of aromatic nitrogens is 6. The molecule has 0 aliphatic rings. The van der Waals surface area contributed by atoms with Crippen molar-refractivity contribution in [3.05, 3.63) is 267 Å². The molecule has 0 atom stereocenters. The Hall–Kier alpha value is -10.0. The normalized spacial score (nSPS) is 11.5. The lowest BCUT2D eigenvalue weighted by atomic mass is 10.0. The molecule has 0 aliphatic carbocycles. The molecule has 0 unspecified atom stereocenters. The number of para-hydroxylation sites is 2. The number of hydrogen-bond acceptors (Lipinski definition) is 4. The van der Waals surface area contributed by atoms with Gasteiger partial charge in [0.25, 0.3) is 0 Å². The quantitative estimate of drug-likeness (QED) is 0.145. The Kier molecular flexibility index (Phi) is 10.4. The van der Waals surface area contributed by atoms with Crippen molar-refractivity contribution >= 4 is 43.6 Å². The van der Waals surface area contributed by atoms with Crippen LogP contribution in [0.1, 0.15) is 0 Å². The van der Waals surface area contributed by atoms with Crippen LogP contribution in [0, 0.1) is 0 Å². The van der Waals surface area contributed by atoms with Crippen molar-refractivity contribution in [3.63, 3.8) is 0 Å². The zero-order valence-electron chi connectivity index (χ0n) is 40.1. The van der Waals surface area contributed by atoms with Crippen molar-refractivity contribution in [1.82, 2.24) is 29.1 Å². The van der Waals surface area contributed by atoms with Gasteiger partial charge in [-0.05, 0) is 88.0 Å². The van der Waals surface area contributed by atoms with Crippen molar-refractivity contribution in [2.45, 2.75) is 0 Å². The zero-order chi connectivity index (χ0) is 49.0. The molecule has 0 aliphatic heterocycles. The van der Waals surface area contributed by atoms with Gasteiger partial charge in [-0.1, -0.05) is 206 Å². The molecular formula is C68H44N6. The highest BCUT2D eigenvalue weighted by Gasteiger charge is 2.21. The van der Waals surface area contributed by atoms with E-state index in [4.69, 9.17) is 19.9 Å². The van der Waals surface area contributed by atoms with E-state index < -0.39 is 0 Å². The largest absolute Gasteiger partial charge is 0.294 e. The molecule has 0 amide bonds. The highest BCUT2D eigenvalue weighted by Crippen LogP contribution is 2.40. The topological polar surface area (TPSA) is 61.4 Å². The molecule has 14 aromatic rings. The summed E-state index contributed by atoms with van der Waals surface area (Å²) < 4.78 is 4.51. The van der Waals surface area contributed by atoms with Crippen molar-refractivity contribution in [1.29, 1.82) is 0 Å². The summed E-state index contributed by atoms with van der Waals surface area (Å²) in [6, 6.07) is 93.9. The van der Waals surface area contributed by atoms with Gasteiger partial charge in [0, 0.05) is 49.9 Å². The van der Waals surface area contributed by atoms with E-state index in [9.17, 15) is 0 Å². The van der Waals surface area contributed by atoms with Crippen LogP contribution in [0.5, 0.6) is 0 Å². The van der Waals surface area contributed by atoms with Gasteiger partial charge in [-0.15, -0.1) is 0 Å². The van der Waals surface area contributed by atoms with Gasteiger partial charge >= 0.3 is 0 Å². The number of rotatable bonds is 9. The molecule has 0 saturated heterocycles. The Bertz CT molecular complexity index is 4120. The smallest absolute Gasteiger partial charge is 0.235 e. The van der Waals surface area contributed by atoms with Crippen LogP contribution < -0.4 is 0 Å². The van der Waals surface area contributed by atoms with E-state index in [-0.39, 0.29) is 0 Å². The fraction of sp³-hybridized carbons (Fsp3) is 0. The Labute approximate surface area is 427 Å². The highest BCUT2D eigenvalue weighted by atomic mass is 15.2. The van der Waals surface area contributed by atoms with Crippen molar-refractivity contribution in [2.75, 3.05) is 0 Å². The first-order valence-corrected chi connectivity index (χ1v) is 25.0. The van der Waals surface area contributed by atoms with Gasteiger partial charge in [0.05, 0.1) is 39.1 Å². The Morgan fingerprint density at radius 3 is 1.18 bits per heavy atom. The fourth-order valence-electron chi connectivity index (χ4n) is 10.6. The highest BCUT2D eigenvalue weighted by molar-refractivity contribution is 6.12. The molecule has 346 valence electrons. The van der Waals surface area contributed by atoms with Crippen molar-refractivity contribution in [2.24, 2.45) is 0 Å². The van der Waals surface area contributed by atoms with Crippen LogP contribution in [-0.4, -0.2) is 29.1 Å². The maximum atomic E-state index is 5.38. The van der Waals surface area contributed by atoms with Gasteiger partial charge in [-0.2, -0.15) is 0 Å². The second kappa shape index (κ2) is 18.0. The lowest BCUT2D eigenvalue weighted by Gasteiger charge is -2.13. The first-order valence-electron chi connectivity index (χ1n) is 25.0. The van der Waals surface area contributed by atoms with Crippen LogP contribution in [-0.2, 0) is 0 Å². The summed E-state index contributed by atoms with van der Waals surface area (Å²) in [5, 5.41) is 4.55. The minimum absolute atomic E-state index is 0.617. The average Bonchev–Trinajstić information content (AvgIpc) is 4.01. The van der Waals surface area contributed by atoms with Crippen LogP contribution in [0.15, 0.2) is 267 Å². The molecule has 4 heterocycles. The monoisotopic (exact) mass is 944 g/mol. The predicted octanol–water partition coefficient (Wildman–Crippen LogP) is 17.1. The standard InChI is InChI=1S/C68H44N6/c1-5-19-45(20-6-1)49-27-17-29-53(39-49)60-43-59(47-23-9-3-10-24-47)70-68(71-60)74-63-34-16-14-32-56(63)58-42-52(36-38-65(58)74)51-35-37-64-57(41-51)55-31-13-15-33-62(55)73(64)66-44-61(48-25-11-4-12-26-48)69-67(72-66)54-30-18-28-50(40-54)46-21-7-2-8-22-46/h1-44H. The van der Waals surface area contributed by atoms with E-state index in [1.54, 1.807) is 0 Å².